The molecule has 0 heterocycles. The highest BCUT2D eigenvalue weighted by Crippen LogP contribution is 2.24. The molecule has 0 spiro atoms. The van der Waals surface area contributed by atoms with Crippen molar-refractivity contribution in [3.8, 4) is 11.8 Å². The van der Waals surface area contributed by atoms with Crippen LogP contribution in [0.25, 0.3) is 0 Å². The van der Waals surface area contributed by atoms with Gasteiger partial charge >= 0.3 is 0 Å². The molecule has 21 heavy (non-hydrogen) atoms. The molecular formula is C18H25FN2. The predicted molar refractivity (Wildman–Crippen MR) is 85.2 cm³/mol. The van der Waals surface area contributed by atoms with Crippen LogP contribution >= 0.6 is 0 Å². The maximum Gasteiger partial charge on any atom is 0.124 e. The van der Waals surface area contributed by atoms with Gasteiger partial charge < -0.3 is 10.6 Å². The molecule has 1 aromatic rings. The Hall–Kier alpha value is -1.37. The zero-order valence-corrected chi connectivity index (χ0v) is 12.9. The highest BCUT2D eigenvalue weighted by Gasteiger charge is 2.15. The summed E-state index contributed by atoms with van der Waals surface area (Å²) in [7, 11) is 2.12. The lowest BCUT2D eigenvalue weighted by atomic mass is 9.89. The van der Waals surface area contributed by atoms with Gasteiger partial charge in [0.2, 0.25) is 0 Å². The number of halogens is 1. The summed E-state index contributed by atoms with van der Waals surface area (Å²) < 4.78 is 13.6. The largest absolute Gasteiger partial charge is 0.320 e. The lowest BCUT2D eigenvalue weighted by Gasteiger charge is -2.27. The highest BCUT2D eigenvalue weighted by molar-refractivity contribution is 5.38. The fraction of sp³-hybridized carbons (Fsp3) is 0.556. The van der Waals surface area contributed by atoms with E-state index in [0.29, 0.717) is 12.1 Å². The summed E-state index contributed by atoms with van der Waals surface area (Å²) in [6.45, 7) is 2.17. The van der Waals surface area contributed by atoms with Crippen molar-refractivity contribution >= 4 is 0 Å². The number of nitrogens with two attached hydrogens (primary N) is 1. The van der Waals surface area contributed by atoms with Crippen LogP contribution in [-0.4, -0.2) is 25.0 Å². The number of hydrogen-bond donors (Lipinski definition) is 1. The Morgan fingerprint density at radius 1 is 1.24 bits per heavy atom. The van der Waals surface area contributed by atoms with Gasteiger partial charge in [-0.1, -0.05) is 31.1 Å². The number of hydrogen-bond acceptors (Lipinski definition) is 2. The van der Waals surface area contributed by atoms with Crippen LogP contribution in [0.15, 0.2) is 18.2 Å². The lowest BCUT2D eigenvalue weighted by molar-refractivity contribution is 0.228. The van der Waals surface area contributed by atoms with Crippen LogP contribution in [0.1, 0.15) is 43.2 Å². The van der Waals surface area contributed by atoms with Gasteiger partial charge in [-0.15, -0.1) is 0 Å². The van der Waals surface area contributed by atoms with Crippen molar-refractivity contribution < 1.29 is 4.39 Å². The standard InChI is InChI=1S/C18H25FN2/c1-21(13-15-6-3-2-4-7-15)14-17-10-16(8-5-9-20)11-18(19)12-17/h10-12,15H,2-4,6-7,9,13-14,20H2,1H3. The van der Waals surface area contributed by atoms with Crippen LogP contribution < -0.4 is 5.73 Å². The minimum absolute atomic E-state index is 0.222. The van der Waals surface area contributed by atoms with E-state index < -0.39 is 0 Å². The van der Waals surface area contributed by atoms with E-state index in [9.17, 15) is 4.39 Å². The molecule has 114 valence electrons. The molecule has 0 radical (unpaired) electrons. The zero-order valence-electron chi connectivity index (χ0n) is 12.9. The van der Waals surface area contributed by atoms with E-state index in [1.165, 1.54) is 38.2 Å². The van der Waals surface area contributed by atoms with Crippen LogP contribution in [0.5, 0.6) is 0 Å². The van der Waals surface area contributed by atoms with Crippen molar-refractivity contribution in [1.82, 2.24) is 4.90 Å². The fourth-order valence-electron chi connectivity index (χ4n) is 3.15. The first kappa shape index (κ1) is 16.0. The van der Waals surface area contributed by atoms with Gasteiger partial charge in [-0.2, -0.15) is 0 Å². The minimum Gasteiger partial charge on any atom is -0.320 e. The van der Waals surface area contributed by atoms with E-state index >= 15 is 0 Å². The third kappa shape index (κ3) is 5.49. The van der Waals surface area contributed by atoms with Gasteiger partial charge in [0.1, 0.15) is 5.82 Å². The topological polar surface area (TPSA) is 29.3 Å². The molecule has 1 aliphatic rings. The Morgan fingerprint density at radius 2 is 2.00 bits per heavy atom. The van der Waals surface area contributed by atoms with E-state index in [-0.39, 0.29) is 5.82 Å². The van der Waals surface area contributed by atoms with E-state index in [0.717, 1.165) is 24.6 Å². The van der Waals surface area contributed by atoms with Gasteiger partial charge in [0, 0.05) is 18.7 Å². The van der Waals surface area contributed by atoms with Crippen molar-refractivity contribution in [2.24, 2.45) is 11.7 Å². The molecule has 2 N–H and O–H groups in total. The van der Waals surface area contributed by atoms with Gasteiger partial charge in [-0.25, -0.2) is 4.39 Å². The second-order valence-corrected chi connectivity index (χ2v) is 6.05. The molecule has 0 saturated heterocycles. The zero-order chi connectivity index (χ0) is 15.1. The summed E-state index contributed by atoms with van der Waals surface area (Å²) in [6.07, 6.45) is 6.77. The third-order valence-corrected chi connectivity index (χ3v) is 4.04. The summed E-state index contributed by atoms with van der Waals surface area (Å²) in [5.74, 6) is 6.26. The number of rotatable bonds is 4. The SMILES string of the molecule is CN(Cc1cc(F)cc(C#CCN)c1)CC1CCCCC1. The summed E-state index contributed by atoms with van der Waals surface area (Å²) in [5, 5.41) is 0. The third-order valence-electron chi connectivity index (χ3n) is 4.04. The Balaban J connectivity index is 1.96. The summed E-state index contributed by atoms with van der Waals surface area (Å²) in [6, 6.07) is 5.03. The molecule has 1 aromatic carbocycles. The molecule has 0 amide bonds. The van der Waals surface area contributed by atoms with Crippen molar-refractivity contribution in [3.63, 3.8) is 0 Å². The predicted octanol–water partition coefficient (Wildman–Crippen LogP) is 3.15. The maximum atomic E-state index is 13.6. The van der Waals surface area contributed by atoms with Crippen molar-refractivity contribution in [2.45, 2.75) is 38.6 Å². The quantitative estimate of drug-likeness (QED) is 0.862. The van der Waals surface area contributed by atoms with Gasteiger partial charge in [0.25, 0.3) is 0 Å². The van der Waals surface area contributed by atoms with Gasteiger partial charge in [0.05, 0.1) is 6.54 Å². The Labute approximate surface area is 127 Å². The molecule has 2 rings (SSSR count). The summed E-state index contributed by atoms with van der Waals surface area (Å²) in [5.41, 5.74) is 7.05. The summed E-state index contributed by atoms with van der Waals surface area (Å²) in [4.78, 5) is 2.30. The minimum atomic E-state index is -0.222. The monoisotopic (exact) mass is 288 g/mol. The van der Waals surface area contributed by atoms with E-state index in [4.69, 9.17) is 5.73 Å². The van der Waals surface area contributed by atoms with Crippen LogP contribution in [0.2, 0.25) is 0 Å². The molecule has 0 unspecified atom stereocenters. The van der Waals surface area contributed by atoms with Gasteiger partial charge in [-0.3, -0.25) is 0 Å². The highest BCUT2D eigenvalue weighted by atomic mass is 19.1. The van der Waals surface area contributed by atoms with Gasteiger partial charge in [0.15, 0.2) is 0 Å². The second kappa shape index (κ2) is 8.17. The number of benzene rings is 1. The number of nitrogens with zero attached hydrogens (tertiary/aromatic N) is 1. The van der Waals surface area contributed by atoms with Gasteiger partial charge in [-0.05, 0) is 49.6 Å². The Bertz CT molecular complexity index is 510. The van der Waals surface area contributed by atoms with Crippen molar-refractivity contribution in [3.05, 3.63) is 35.1 Å². The van der Waals surface area contributed by atoms with E-state index in [1.54, 1.807) is 6.07 Å². The van der Waals surface area contributed by atoms with E-state index in [2.05, 4.69) is 23.8 Å². The summed E-state index contributed by atoms with van der Waals surface area (Å²) >= 11 is 0. The fourth-order valence-corrected chi connectivity index (χ4v) is 3.15. The smallest absolute Gasteiger partial charge is 0.124 e. The molecule has 3 heteroatoms. The molecule has 0 aromatic heterocycles. The second-order valence-electron chi connectivity index (χ2n) is 6.05. The van der Waals surface area contributed by atoms with Crippen LogP contribution in [0.3, 0.4) is 0 Å². The average Bonchev–Trinajstić information content (AvgIpc) is 2.45. The molecule has 0 bridgehead atoms. The van der Waals surface area contributed by atoms with E-state index in [1.807, 2.05) is 6.07 Å². The first-order valence-corrected chi connectivity index (χ1v) is 7.84. The first-order valence-electron chi connectivity index (χ1n) is 7.84. The maximum absolute atomic E-state index is 13.6. The molecule has 2 nitrogen and oxygen atoms in total. The molecule has 1 aliphatic carbocycles. The van der Waals surface area contributed by atoms with Crippen LogP contribution in [-0.2, 0) is 6.54 Å². The molecule has 0 atom stereocenters. The molecule has 0 aliphatic heterocycles. The first-order chi connectivity index (χ1) is 10.2. The van der Waals surface area contributed by atoms with Crippen LogP contribution in [0.4, 0.5) is 4.39 Å². The molecular weight excluding hydrogens is 263 g/mol. The lowest BCUT2D eigenvalue weighted by Crippen LogP contribution is -2.26. The molecule has 1 saturated carbocycles. The average molecular weight is 288 g/mol. The van der Waals surface area contributed by atoms with Crippen molar-refractivity contribution in [1.29, 1.82) is 0 Å². The Morgan fingerprint density at radius 3 is 2.71 bits per heavy atom. The Kier molecular flexibility index (Phi) is 6.22. The normalized spacial score (nSPS) is 15.8. The van der Waals surface area contributed by atoms with Crippen LogP contribution in [0, 0.1) is 23.6 Å². The van der Waals surface area contributed by atoms with Crippen molar-refractivity contribution in [2.75, 3.05) is 20.1 Å². The molecule has 1 fully saturated rings.